The Bertz CT molecular complexity index is 519. The van der Waals surface area contributed by atoms with Crippen molar-refractivity contribution in [2.24, 2.45) is 5.73 Å². The van der Waals surface area contributed by atoms with Gasteiger partial charge in [-0.2, -0.15) is 4.98 Å². The van der Waals surface area contributed by atoms with Gasteiger partial charge in [0.15, 0.2) is 0 Å². The van der Waals surface area contributed by atoms with Crippen molar-refractivity contribution in [2.45, 2.75) is 20.4 Å². The molecule has 0 saturated heterocycles. The molecular weight excluding hydrogens is 214 g/mol. The van der Waals surface area contributed by atoms with Gasteiger partial charge < -0.3 is 10.2 Å². The summed E-state index contributed by atoms with van der Waals surface area (Å²) in [5.41, 5.74) is 9.80. The minimum Gasteiger partial charge on any atom is -0.431 e. The first-order valence-electron chi connectivity index (χ1n) is 5.57. The van der Waals surface area contributed by atoms with Crippen molar-refractivity contribution in [1.82, 2.24) is 4.98 Å². The van der Waals surface area contributed by atoms with Crippen LogP contribution >= 0.6 is 0 Å². The predicted octanol–water partition coefficient (Wildman–Crippen LogP) is 2.52. The molecule has 0 aliphatic heterocycles. The van der Waals surface area contributed by atoms with Crippen molar-refractivity contribution < 1.29 is 4.42 Å². The Hall–Kier alpha value is -1.81. The molecule has 0 bridgehead atoms. The Balaban J connectivity index is 2.33. The highest BCUT2D eigenvalue weighted by atomic mass is 16.4. The molecule has 1 aromatic heterocycles. The highest BCUT2D eigenvalue weighted by Crippen LogP contribution is 2.26. The third kappa shape index (κ3) is 2.31. The van der Waals surface area contributed by atoms with Crippen LogP contribution in [0.3, 0.4) is 0 Å². The Morgan fingerprint density at radius 1 is 1.35 bits per heavy atom. The van der Waals surface area contributed by atoms with Gasteiger partial charge in [-0.15, -0.1) is 0 Å². The highest BCUT2D eigenvalue weighted by molar-refractivity contribution is 5.60. The molecule has 2 rings (SSSR count). The van der Waals surface area contributed by atoms with Gasteiger partial charge in [0.2, 0.25) is 0 Å². The molecule has 1 aromatic carbocycles. The van der Waals surface area contributed by atoms with Crippen molar-refractivity contribution in [1.29, 1.82) is 0 Å². The molecule has 0 fully saturated rings. The molecule has 2 aromatic rings. The van der Waals surface area contributed by atoms with Crippen LogP contribution in [0.2, 0.25) is 0 Å². The molecule has 17 heavy (non-hydrogen) atoms. The summed E-state index contributed by atoms with van der Waals surface area (Å²) in [5, 5.41) is 0. The third-order valence-electron chi connectivity index (χ3n) is 2.75. The van der Waals surface area contributed by atoms with Gasteiger partial charge in [-0.25, -0.2) is 0 Å². The molecule has 0 aliphatic carbocycles. The van der Waals surface area contributed by atoms with Gasteiger partial charge in [0.25, 0.3) is 0 Å². The summed E-state index contributed by atoms with van der Waals surface area (Å²) in [6.45, 7) is 4.55. The zero-order valence-electron chi connectivity index (χ0n) is 10.4. The van der Waals surface area contributed by atoms with E-state index in [1.54, 1.807) is 6.26 Å². The van der Waals surface area contributed by atoms with E-state index in [9.17, 15) is 0 Å². The van der Waals surface area contributed by atoms with E-state index in [0.717, 1.165) is 11.4 Å². The smallest absolute Gasteiger partial charge is 0.301 e. The molecule has 0 atom stereocenters. The highest BCUT2D eigenvalue weighted by Gasteiger charge is 2.12. The maximum Gasteiger partial charge on any atom is 0.301 e. The van der Waals surface area contributed by atoms with E-state index in [4.69, 9.17) is 10.2 Å². The van der Waals surface area contributed by atoms with Gasteiger partial charge in [-0.1, -0.05) is 17.7 Å². The van der Waals surface area contributed by atoms with Crippen LogP contribution in [0.4, 0.5) is 11.7 Å². The fourth-order valence-corrected chi connectivity index (χ4v) is 1.83. The predicted molar refractivity (Wildman–Crippen MR) is 68.4 cm³/mol. The van der Waals surface area contributed by atoms with E-state index < -0.39 is 0 Å². The molecule has 0 spiro atoms. The van der Waals surface area contributed by atoms with Crippen LogP contribution in [0, 0.1) is 13.8 Å². The van der Waals surface area contributed by atoms with E-state index in [0.29, 0.717) is 12.6 Å². The van der Waals surface area contributed by atoms with E-state index in [-0.39, 0.29) is 0 Å². The average Bonchev–Trinajstić information content (AvgIpc) is 2.76. The minimum absolute atomic E-state index is 0.393. The third-order valence-corrected chi connectivity index (χ3v) is 2.75. The van der Waals surface area contributed by atoms with Crippen LogP contribution < -0.4 is 10.6 Å². The molecule has 0 unspecified atom stereocenters. The second kappa shape index (κ2) is 4.59. The monoisotopic (exact) mass is 231 g/mol. The second-order valence-electron chi connectivity index (χ2n) is 4.17. The van der Waals surface area contributed by atoms with Gasteiger partial charge in [0.1, 0.15) is 6.26 Å². The molecular formula is C13H17N3O. The van der Waals surface area contributed by atoms with Crippen molar-refractivity contribution in [3.63, 3.8) is 0 Å². The zero-order valence-corrected chi connectivity index (χ0v) is 10.4. The topological polar surface area (TPSA) is 55.3 Å². The number of hydrogen-bond acceptors (Lipinski definition) is 4. The van der Waals surface area contributed by atoms with Crippen LogP contribution in [0.1, 0.15) is 16.8 Å². The lowest BCUT2D eigenvalue weighted by atomic mass is 10.1. The molecule has 0 amide bonds. The van der Waals surface area contributed by atoms with Gasteiger partial charge in [-0.3, -0.25) is 4.90 Å². The normalized spacial score (nSPS) is 10.6. The van der Waals surface area contributed by atoms with Gasteiger partial charge in [0.05, 0.1) is 5.69 Å². The van der Waals surface area contributed by atoms with Gasteiger partial charge in [0, 0.05) is 19.3 Å². The Labute approximate surface area is 101 Å². The van der Waals surface area contributed by atoms with Crippen molar-refractivity contribution in [3.8, 4) is 0 Å². The Kier molecular flexibility index (Phi) is 3.15. The van der Waals surface area contributed by atoms with Gasteiger partial charge >= 0.3 is 6.01 Å². The Morgan fingerprint density at radius 3 is 2.71 bits per heavy atom. The van der Waals surface area contributed by atoms with Crippen molar-refractivity contribution in [3.05, 3.63) is 41.3 Å². The number of aromatic nitrogens is 1. The van der Waals surface area contributed by atoms with Crippen LogP contribution in [-0.4, -0.2) is 12.0 Å². The lowest BCUT2D eigenvalue weighted by molar-refractivity contribution is 0.559. The minimum atomic E-state index is 0.393. The molecule has 1 heterocycles. The summed E-state index contributed by atoms with van der Waals surface area (Å²) in [6.07, 6.45) is 1.59. The number of benzene rings is 1. The summed E-state index contributed by atoms with van der Waals surface area (Å²) in [5.74, 6) is 0. The molecule has 4 heteroatoms. The quantitative estimate of drug-likeness (QED) is 0.881. The summed E-state index contributed by atoms with van der Waals surface area (Å²) in [4.78, 5) is 6.23. The first-order chi connectivity index (χ1) is 8.11. The van der Waals surface area contributed by atoms with E-state index in [1.807, 2.05) is 11.9 Å². The lowest BCUT2D eigenvalue weighted by Crippen LogP contribution is -2.11. The average molecular weight is 231 g/mol. The van der Waals surface area contributed by atoms with Crippen LogP contribution in [-0.2, 0) is 6.54 Å². The summed E-state index contributed by atoms with van der Waals surface area (Å²) >= 11 is 0. The lowest BCUT2D eigenvalue weighted by Gasteiger charge is -2.17. The largest absolute Gasteiger partial charge is 0.431 e. The van der Waals surface area contributed by atoms with Crippen LogP contribution in [0.5, 0.6) is 0 Å². The SMILES string of the molecule is Cc1ccc(N(C)c2nc(CN)co2)c(C)c1. The standard InChI is InChI=1S/C13H17N3O/c1-9-4-5-12(10(2)6-9)16(3)13-15-11(7-14)8-17-13/h4-6,8H,7,14H2,1-3H3. The number of oxazole rings is 1. The fraction of sp³-hybridized carbons (Fsp3) is 0.308. The van der Waals surface area contributed by atoms with E-state index in [2.05, 4.69) is 37.0 Å². The first-order valence-corrected chi connectivity index (χ1v) is 5.57. The number of nitrogens with two attached hydrogens (primary N) is 1. The van der Waals surface area contributed by atoms with Crippen molar-refractivity contribution in [2.75, 3.05) is 11.9 Å². The molecule has 2 N–H and O–H groups in total. The number of hydrogen-bond donors (Lipinski definition) is 1. The Morgan fingerprint density at radius 2 is 2.12 bits per heavy atom. The molecule has 0 saturated carbocycles. The van der Waals surface area contributed by atoms with E-state index >= 15 is 0 Å². The molecule has 0 aliphatic rings. The van der Waals surface area contributed by atoms with Crippen molar-refractivity contribution >= 4 is 11.7 Å². The molecule has 90 valence electrons. The fourth-order valence-electron chi connectivity index (χ4n) is 1.83. The first kappa shape index (κ1) is 11.7. The number of anilines is 2. The summed E-state index contributed by atoms with van der Waals surface area (Å²) in [7, 11) is 1.93. The van der Waals surface area contributed by atoms with E-state index in [1.165, 1.54) is 11.1 Å². The molecule has 4 nitrogen and oxygen atoms in total. The molecule has 0 radical (unpaired) electrons. The second-order valence-corrected chi connectivity index (χ2v) is 4.17. The van der Waals surface area contributed by atoms with Gasteiger partial charge in [-0.05, 0) is 25.5 Å². The number of aryl methyl sites for hydroxylation is 2. The van der Waals surface area contributed by atoms with Crippen LogP contribution in [0.15, 0.2) is 28.9 Å². The summed E-state index contributed by atoms with van der Waals surface area (Å²) in [6, 6.07) is 6.85. The maximum absolute atomic E-state index is 5.51. The summed E-state index contributed by atoms with van der Waals surface area (Å²) < 4.78 is 5.39. The number of nitrogens with zero attached hydrogens (tertiary/aromatic N) is 2. The zero-order chi connectivity index (χ0) is 12.4. The number of rotatable bonds is 3. The van der Waals surface area contributed by atoms with Crippen LogP contribution in [0.25, 0.3) is 0 Å². The maximum atomic E-state index is 5.51.